The van der Waals surface area contributed by atoms with E-state index >= 15 is 0 Å². The number of ether oxygens (including phenoxy) is 3. The van der Waals surface area contributed by atoms with E-state index in [1.807, 2.05) is 42.3 Å². The standard InChI is InChI=1S/C28H34N4O4/c1-17(2)24-6-7-25-27-26(10-21(13-30-27)29-12-20-15-36-16-20)31(28(33)32(25)18(24)3)14-19-8-22(34-4)11-23(9-19)35-5/h7-11,13,17,20,29H,6,12,14-16H2,1-5H3. The van der Waals surface area contributed by atoms with Gasteiger partial charge in [-0.2, -0.15) is 0 Å². The van der Waals surface area contributed by atoms with Crippen LogP contribution in [0.1, 0.15) is 38.4 Å². The van der Waals surface area contributed by atoms with Crippen LogP contribution in [0.3, 0.4) is 0 Å². The summed E-state index contributed by atoms with van der Waals surface area (Å²) in [6.07, 6.45) is 4.81. The number of aromatic nitrogens is 1. The number of hydrogen-bond donors (Lipinski definition) is 1. The van der Waals surface area contributed by atoms with Crippen molar-refractivity contribution in [3.05, 3.63) is 59.1 Å². The zero-order chi connectivity index (χ0) is 25.4. The summed E-state index contributed by atoms with van der Waals surface area (Å²) >= 11 is 0. The van der Waals surface area contributed by atoms with E-state index in [-0.39, 0.29) is 6.03 Å². The maximum atomic E-state index is 14.1. The van der Waals surface area contributed by atoms with Crippen LogP contribution in [-0.4, -0.2) is 49.9 Å². The number of methoxy groups -OCH3 is 2. The Balaban J connectivity index is 1.56. The first kappa shape index (κ1) is 24.2. The highest BCUT2D eigenvalue weighted by molar-refractivity contribution is 6.06. The molecule has 5 rings (SSSR count). The van der Waals surface area contributed by atoms with Crippen LogP contribution in [0.4, 0.5) is 16.2 Å². The minimum atomic E-state index is -0.0859. The monoisotopic (exact) mass is 490 g/mol. The Morgan fingerprint density at radius 2 is 1.86 bits per heavy atom. The predicted octanol–water partition coefficient (Wildman–Crippen LogP) is 5.27. The van der Waals surface area contributed by atoms with Crippen molar-refractivity contribution in [2.24, 2.45) is 11.8 Å². The van der Waals surface area contributed by atoms with Gasteiger partial charge in [0.05, 0.1) is 57.2 Å². The Kier molecular flexibility index (Phi) is 6.62. The molecule has 0 spiro atoms. The van der Waals surface area contributed by atoms with Crippen molar-refractivity contribution in [3.63, 3.8) is 0 Å². The van der Waals surface area contributed by atoms with Gasteiger partial charge in [0.1, 0.15) is 17.2 Å². The van der Waals surface area contributed by atoms with Gasteiger partial charge in [0.15, 0.2) is 0 Å². The van der Waals surface area contributed by atoms with Crippen LogP contribution in [0.15, 0.2) is 47.8 Å². The molecule has 2 amide bonds. The first-order chi connectivity index (χ1) is 17.4. The molecule has 1 N–H and O–H groups in total. The van der Waals surface area contributed by atoms with Gasteiger partial charge >= 0.3 is 6.03 Å². The molecule has 0 atom stereocenters. The third kappa shape index (κ3) is 4.41. The van der Waals surface area contributed by atoms with Gasteiger partial charge in [0.2, 0.25) is 0 Å². The SMILES string of the molecule is COc1cc(CN2C(=O)N3C(=CCC(C(C)C)=C3C)c3ncc(NCC4COC4)cc32)cc(OC)c1. The van der Waals surface area contributed by atoms with Crippen LogP contribution >= 0.6 is 0 Å². The van der Waals surface area contributed by atoms with Crippen molar-refractivity contribution in [1.29, 1.82) is 0 Å². The molecule has 0 aliphatic carbocycles. The van der Waals surface area contributed by atoms with E-state index in [0.29, 0.717) is 29.9 Å². The lowest BCUT2D eigenvalue weighted by molar-refractivity contribution is -0.0248. The number of hydrogen-bond acceptors (Lipinski definition) is 6. The van der Waals surface area contributed by atoms with Crippen LogP contribution in [0.5, 0.6) is 11.5 Å². The number of carbonyl (C=O) groups excluding carboxylic acids is 1. The summed E-state index contributed by atoms with van der Waals surface area (Å²) in [6, 6.07) is 7.65. The van der Waals surface area contributed by atoms with Gasteiger partial charge in [-0.1, -0.05) is 19.9 Å². The number of nitrogens with zero attached hydrogens (tertiary/aromatic N) is 3. The van der Waals surface area contributed by atoms with E-state index in [4.69, 9.17) is 19.2 Å². The average molecular weight is 491 g/mol. The highest BCUT2D eigenvalue weighted by atomic mass is 16.5. The summed E-state index contributed by atoms with van der Waals surface area (Å²) in [5, 5.41) is 3.47. The number of benzene rings is 1. The number of allylic oxidation sites excluding steroid dienone is 3. The van der Waals surface area contributed by atoms with Crippen LogP contribution in [-0.2, 0) is 11.3 Å². The predicted molar refractivity (Wildman–Crippen MR) is 140 cm³/mol. The van der Waals surface area contributed by atoms with Gasteiger partial charge < -0.3 is 19.5 Å². The van der Waals surface area contributed by atoms with Crippen molar-refractivity contribution >= 4 is 23.1 Å². The number of pyridine rings is 1. The topological polar surface area (TPSA) is 76.2 Å². The van der Waals surface area contributed by atoms with Crippen molar-refractivity contribution in [3.8, 4) is 11.5 Å². The van der Waals surface area contributed by atoms with Crippen LogP contribution in [0.2, 0.25) is 0 Å². The number of anilines is 2. The van der Waals surface area contributed by atoms with Crippen molar-refractivity contribution in [2.45, 2.75) is 33.7 Å². The fraction of sp³-hybridized carbons (Fsp3) is 0.429. The minimum absolute atomic E-state index is 0.0859. The lowest BCUT2D eigenvalue weighted by Gasteiger charge is -2.41. The number of rotatable bonds is 8. The second kappa shape index (κ2) is 9.85. The van der Waals surface area contributed by atoms with Gasteiger partial charge in [-0.05, 0) is 48.6 Å². The molecule has 8 heteroatoms. The molecule has 0 radical (unpaired) electrons. The molecule has 190 valence electrons. The zero-order valence-corrected chi connectivity index (χ0v) is 21.6. The number of fused-ring (bicyclic) bond motifs is 3. The molecule has 36 heavy (non-hydrogen) atoms. The van der Waals surface area contributed by atoms with E-state index in [1.165, 1.54) is 5.57 Å². The maximum Gasteiger partial charge on any atom is 0.333 e. The Hall–Kier alpha value is -3.52. The first-order valence-electron chi connectivity index (χ1n) is 12.4. The molecule has 0 saturated carbocycles. The minimum Gasteiger partial charge on any atom is -0.497 e. The normalized spacial score (nSPS) is 17.5. The summed E-state index contributed by atoms with van der Waals surface area (Å²) in [4.78, 5) is 22.6. The molecule has 3 aliphatic rings. The molecule has 4 heterocycles. The number of amides is 2. The highest BCUT2D eigenvalue weighted by Gasteiger charge is 2.39. The quantitative estimate of drug-likeness (QED) is 0.543. The van der Waals surface area contributed by atoms with Crippen molar-refractivity contribution < 1.29 is 19.0 Å². The molecule has 2 aromatic rings. The average Bonchev–Trinajstić information content (AvgIpc) is 2.84. The molecule has 0 unspecified atom stereocenters. The summed E-state index contributed by atoms with van der Waals surface area (Å²) in [5.74, 6) is 2.22. The molecule has 1 aromatic carbocycles. The highest BCUT2D eigenvalue weighted by Crippen LogP contribution is 2.43. The van der Waals surface area contributed by atoms with Crippen LogP contribution < -0.4 is 19.7 Å². The van der Waals surface area contributed by atoms with E-state index in [0.717, 1.165) is 60.2 Å². The molecular weight excluding hydrogens is 456 g/mol. The largest absolute Gasteiger partial charge is 0.497 e. The first-order valence-corrected chi connectivity index (χ1v) is 12.4. The lowest BCUT2D eigenvalue weighted by Crippen LogP contribution is -2.46. The lowest BCUT2D eigenvalue weighted by atomic mass is 9.92. The molecule has 1 aromatic heterocycles. The molecule has 1 fully saturated rings. The number of nitrogens with one attached hydrogen (secondary N) is 1. The fourth-order valence-electron chi connectivity index (χ4n) is 5.01. The van der Waals surface area contributed by atoms with Crippen molar-refractivity contribution in [2.75, 3.05) is 44.2 Å². The zero-order valence-electron chi connectivity index (χ0n) is 21.6. The number of carbonyl (C=O) groups is 1. The van der Waals surface area contributed by atoms with Gasteiger partial charge in [-0.3, -0.25) is 14.8 Å². The van der Waals surface area contributed by atoms with Crippen LogP contribution in [0, 0.1) is 11.8 Å². The molecular formula is C28H34N4O4. The third-order valence-electron chi connectivity index (χ3n) is 7.13. The van der Waals surface area contributed by atoms with Gasteiger partial charge in [-0.15, -0.1) is 0 Å². The summed E-state index contributed by atoms with van der Waals surface area (Å²) in [6.45, 7) is 9.10. The van der Waals surface area contributed by atoms with Crippen molar-refractivity contribution in [1.82, 2.24) is 9.88 Å². The fourth-order valence-corrected chi connectivity index (χ4v) is 5.01. The second-order valence-electron chi connectivity index (χ2n) is 9.86. The maximum absolute atomic E-state index is 14.1. The smallest absolute Gasteiger partial charge is 0.333 e. The summed E-state index contributed by atoms with van der Waals surface area (Å²) in [5.41, 5.74) is 6.51. The molecule has 0 bridgehead atoms. The Morgan fingerprint density at radius 3 is 2.47 bits per heavy atom. The van der Waals surface area contributed by atoms with E-state index in [2.05, 4.69) is 25.2 Å². The van der Waals surface area contributed by atoms with E-state index in [9.17, 15) is 4.79 Å². The second-order valence-corrected chi connectivity index (χ2v) is 9.86. The Bertz CT molecular complexity index is 1210. The summed E-state index contributed by atoms with van der Waals surface area (Å²) in [7, 11) is 3.25. The van der Waals surface area contributed by atoms with E-state index in [1.54, 1.807) is 19.1 Å². The van der Waals surface area contributed by atoms with Crippen LogP contribution in [0.25, 0.3) is 5.70 Å². The van der Waals surface area contributed by atoms with Gasteiger partial charge in [-0.25, -0.2) is 4.79 Å². The number of urea groups is 1. The molecule has 1 saturated heterocycles. The van der Waals surface area contributed by atoms with Gasteiger partial charge in [0.25, 0.3) is 0 Å². The summed E-state index contributed by atoms with van der Waals surface area (Å²) < 4.78 is 16.2. The van der Waals surface area contributed by atoms with Gasteiger partial charge in [0, 0.05) is 24.2 Å². The van der Waals surface area contributed by atoms with E-state index < -0.39 is 0 Å². The third-order valence-corrected chi connectivity index (χ3v) is 7.13. The molecule has 3 aliphatic heterocycles. The molecule has 8 nitrogen and oxygen atoms in total. The Morgan fingerprint density at radius 1 is 1.14 bits per heavy atom. The Labute approximate surface area is 212 Å².